The molecule has 0 spiro atoms. The minimum atomic E-state index is -3.68. The average Bonchev–Trinajstić information content (AvgIpc) is 2.38. The lowest BCUT2D eigenvalue weighted by molar-refractivity contribution is 0.307. The molecule has 0 aliphatic carbocycles. The van der Waals surface area contributed by atoms with Crippen molar-refractivity contribution in [2.75, 3.05) is 24.5 Å². The van der Waals surface area contributed by atoms with Crippen LogP contribution in [0, 0.1) is 11.8 Å². The number of nitrogens with two attached hydrogens (primary N) is 2. The van der Waals surface area contributed by atoms with Gasteiger partial charge in [0.2, 0.25) is 10.0 Å². The molecule has 0 saturated carbocycles. The minimum absolute atomic E-state index is 0.0389. The molecule has 2 atom stereocenters. The number of rotatable bonds is 3. The Morgan fingerprint density at radius 3 is 2.74 bits per heavy atom. The van der Waals surface area contributed by atoms with Crippen molar-refractivity contribution >= 4 is 15.8 Å². The summed E-state index contributed by atoms with van der Waals surface area (Å²) in [5, 5.41) is 5.05. The van der Waals surface area contributed by atoms with Gasteiger partial charge in [0.1, 0.15) is 10.7 Å². The number of aromatic nitrogens is 1. The fourth-order valence-electron chi connectivity index (χ4n) is 2.39. The first-order valence-corrected chi connectivity index (χ1v) is 7.90. The lowest BCUT2D eigenvalue weighted by Gasteiger charge is -2.37. The summed E-state index contributed by atoms with van der Waals surface area (Å²) in [6, 6.07) is 3.19. The van der Waals surface area contributed by atoms with E-state index in [0.29, 0.717) is 18.4 Å². The molecule has 6 nitrogen and oxygen atoms in total. The predicted molar refractivity (Wildman–Crippen MR) is 74.1 cm³/mol. The van der Waals surface area contributed by atoms with Crippen LogP contribution in [0.1, 0.15) is 13.3 Å². The monoisotopic (exact) mass is 284 g/mol. The molecule has 0 bridgehead atoms. The van der Waals surface area contributed by atoms with Gasteiger partial charge in [-0.3, -0.25) is 0 Å². The molecule has 2 unspecified atom stereocenters. The number of anilines is 1. The Balaban J connectivity index is 2.15. The van der Waals surface area contributed by atoms with Crippen molar-refractivity contribution < 1.29 is 8.42 Å². The number of hydrogen-bond donors (Lipinski definition) is 2. The Morgan fingerprint density at radius 2 is 2.21 bits per heavy atom. The topological polar surface area (TPSA) is 102 Å². The first-order chi connectivity index (χ1) is 8.91. The van der Waals surface area contributed by atoms with Gasteiger partial charge in [0.15, 0.2) is 0 Å². The Kier molecular flexibility index (Phi) is 4.07. The van der Waals surface area contributed by atoms with Crippen LogP contribution in [-0.2, 0) is 10.0 Å². The molecule has 2 rings (SSSR count). The second-order valence-electron chi connectivity index (χ2n) is 5.10. The zero-order valence-electron chi connectivity index (χ0n) is 11.0. The fraction of sp³-hybridized carbons (Fsp3) is 0.583. The van der Waals surface area contributed by atoms with E-state index < -0.39 is 10.0 Å². The van der Waals surface area contributed by atoms with Gasteiger partial charge in [0.05, 0.1) is 0 Å². The van der Waals surface area contributed by atoms with Gasteiger partial charge in [-0.15, -0.1) is 0 Å². The van der Waals surface area contributed by atoms with Gasteiger partial charge in [0, 0.05) is 19.3 Å². The summed E-state index contributed by atoms with van der Waals surface area (Å²) < 4.78 is 22.3. The maximum Gasteiger partial charge on any atom is 0.239 e. The minimum Gasteiger partial charge on any atom is -0.356 e. The molecule has 4 N–H and O–H groups in total. The molecule has 0 radical (unpaired) electrons. The van der Waals surface area contributed by atoms with Gasteiger partial charge >= 0.3 is 0 Å². The van der Waals surface area contributed by atoms with Crippen molar-refractivity contribution in [1.82, 2.24) is 4.98 Å². The molecule has 7 heteroatoms. The van der Waals surface area contributed by atoms with Crippen LogP contribution in [0.2, 0.25) is 0 Å². The molecule has 1 aliphatic rings. The molecule has 19 heavy (non-hydrogen) atoms. The van der Waals surface area contributed by atoms with Crippen molar-refractivity contribution in [3.63, 3.8) is 0 Å². The summed E-state index contributed by atoms with van der Waals surface area (Å²) in [6.45, 7) is 4.65. The highest BCUT2D eigenvalue weighted by atomic mass is 32.2. The molecule has 1 aromatic heterocycles. The standard InChI is InChI=1S/C12H20N4O2S/c1-9-4-5-16(8-10(9)6-13)12-3-2-11(7-15-12)19(14,17)18/h2-3,7,9-10H,4-6,8,13H2,1H3,(H2,14,17,18). The van der Waals surface area contributed by atoms with Crippen LogP contribution in [0.4, 0.5) is 5.82 Å². The smallest absolute Gasteiger partial charge is 0.239 e. The Bertz CT molecular complexity index is 529. The van der Waals surface area contributed by atoms with E-state index in [-0.39, 0.29) is 4.90 Å². The van der Waals surface area contributed by atoms with Gasteiger partial charge in [-0.05, 0) is 36.9 Å². The quantitative estimate of drug-likeness (QED) is 0.822. The summed E-state index contributed by atoms with van der Waals surface area (Å²) in [5.41, 5.74) is 5.77. The van der Waals surface area contributed by atoms with Gasteiger partial charge in [-0.25, -0.2) is 18.5 Å². The lowest BCUT2D eigenvalue weighted by atomic mass is 9.87. The maximum atomic E-state index is 11.2. The van der Waals surface area contributed by atoms with Gasteiger partial charge < -0.3 is 10.6 Å². The first kappa shape index (κ1) is 14.2. The largest absolute Gasteiger partial charge is 0.356 e. The number of piperidine rings is 1. The summed E-state index contributed by atoms with van der Waals surface area (Å²) in [5.74, 6) is 1.84. The molecule has 1 aliphatic heterocycles. The van der Waals surface area contributed by atoms with E-state index in [9.17, 15) is 8.42 Å². The fourth-order valence-corrected chi connectivity index (χ4v) is 2.85. The molecule has 2 heterocycles. The van der Waals surface area contributed by atoms with Crippen molar-refractivity contribution in [2.45, 2.75) is 18.2 Å². The zero-order chi connectivity index (χ0) is 14.0. The second kappa shape index (κ2) is 5.44. The van der Waals surface area contributed by atoms with Crippen molar-refractivity contribution in [3.8, 4) is 0 Å². The van der Waals surface area contributed by atoms with Crippen LogP contribution in [0.25, 0.3) is 0 Å². The zero-order valence-corrected chi connectivity index (χ0v) is 11.8. The van der Waals surface area contributed by atoms with E-state index in [0.717, 1.165) is 25.3 Å². The third-order valence-corrected chi connectivity index (χ3v) is 4.69. The maximum absolute atomic E-state index is 11.2. The highest BCUT2D eigenvalue weighted by Crippen LogP contribution is 2.25. The third kappa shape index (κ3) is 3.23. The van der Waals surface area contributed by atoms with E-state index in [1.54, 1.807) is 6.07 Å². The first-order valence-electron chi connectivity index (χ1n) is 6.35. The number of primary sulfonamides is 1. The van der Waals surface area contributed by atoms with Crippen LogP contribution in [0.15, 0.2) is 23.2 Å². The number of sulfonamides is 1. The van der Waals surface area contributed by atoms with Gasteiger partial charge in [0.25, 0.3) is 0 Å². The number of hydrogen-bond acceptors (Lipinski definition) is 5. The van der Waals surface area contributed by atoms with Crippen molar-refractivity contribution in [3.05, 3.63) is 18.3 Å². The van der Waals surface area contributed by atoms with Crippen molar-refractivity contribution in [2.24, 2.45) is 22.7 Å². The molecule has 0 aromatic carbocycles. The number of nitrogens with zero attached hydrogens (tertiary/aromatic N) is 2. The average molecular weight is 284 g/mol. The Morgan fingerprint density at radius 1 is 1.47 bits per heavy atom. The summed E-state index contributed by atoms with van der Waals surface area (Å²) in [6.07, 6.45) is 2.38. The normalized spacial score (nSPS) is 24.5. The van der Waals surface area contributed by atoms with E-state index in [4.69, 9.17) is 10.9 Å². The second-order valence-corrected chi connectivity index (χ2v) is 6.67. The Labute approximate surface area is 113 Å². The van der Waals surface area contributed by atoms with E-state index in [1.807, 2.05) is 0 Å². The summed E-state index contributed by atoms with van der Waals surface area (Å²) in [4.78, 5) is 6.37. The van der Waals surface area contributed by atoms with Gasteiger partial charge in [-0.1, -0.05) is 6.92 Å². The highest BCUT2D eigenvalue weighted by Gasteiger charge is 2.25. The van der Waals surface area contributed by atoms with Crippen LogP contribution < -0.4 is 15.8 Å². The van der Waals surface area contributed by atoms with Crippen LogP contribution >= 0.6 is 0 Å². The van der Waals surface area contributed by atoms with Crippen LogP contribution in [0.3, 0.4) is 0 Å². The molecular formula is C12H20N4O2S. The van der Waals surface area contributed by atoms with Crippen molar-refractivity contribution in [1.29, 1.82) is 0 Å². The van der Waals surface area contributed by atoms with Crippen LogP contribution in [-0.4, -0.2) is 33.0 Å². The molecule has 106 valence electrons. The van der Waals surface area contributed by atoms with E-state index in [2.05, 4.69) is 16.8 Å². The van der Waals surface area contributed by atoms with E-state index in [1.165, 1.54) is 12.3 Å². The van der Waals surface area contributed by atoms with E-state index >= 15 is 0 Å². The number of pyridine rings is 1. The SMILES string of the molecule is CC1CCN(c2ccc(S(N)(=O)=O)cn2)CC1CN. The van der Waals surface area contributed by atoms with Gasteiger partial charge in [-0.2, -0.15) is 0 Å². The third-order valence-electron chi connectivity index (χ3n) is 3.79. The Hall–Kier alpha value is -1.18. The molecular weight excluding hydrogens is 264 g/mol. The highest BCUT2D eigenvalue weighted by molar-refractivity contribution is 7.89. The molecule has 1 fully saturated rings. The lowest BCUT2D eigenvalue weighted by Crippen LogP contribution is -2.43. The molecule has 1 saturated heterocycles. The van der Waals surface area contributed by atoms with Crippen LogP contribution in [0.5, 0.6) is 0 Å². The summed E-state index contributed by atoms with van der Waals surface area (Å²) in [7, 11) is -3.68. The molecule has 1 aromatic rings. The molecule has 0 amide bonds. The summed E-state index contributed by atoms with van der Waals surface area (Å²) >= 11 is 0. The predicted octanol–water partition coefficient (Wildman–Crippen LogP) is 0.150.